The number of sulfonamides is 1. The first kappa shape index (κ1) is 14.5. The molecular weight excluding hydrogens is 298 g/mol. The first-order valence-electron chi connectivity index (χ1n) is 6.76. The maximum Gasteiger partial charge on any atom is 0.229 e. The molecule has 1 aliphatic heterocycles. The summed E-state index contributed by atoms with van der Waals surface area (Å²) in [6.45, 7) is 0.622. The van der Waals surface area contributed by atoms with Crippen molar-refractivity contribution in [2.45, 2.75) is 0 Å². The van der Waals surface area contributed by atoms with E-state index in [2.05, 4.69) is 20.8 Å². The average molecular weight is 313 g/mol. The number of benzene rings is 1. The van der Waals surface area contributed by atoms with Gasteiger partial charge in [0.25, 0.3) is 0 Å². The van der Waals surface area contributed by atoms with E-state index >= 15 is 0 Å². The van der Waals surface area contributed by atoms with Crippen LogP contribution in [0.5, 0.6) is 0 Å². The van der Waals surface area contributed by atoms with Gasteiger partial charge >= 0.3 is 0 Å². The number of hydrogen-bond donors (Lipinski definition) is 1. The van der Waals surface area contributed by atoms with Crippen LogP contribution in [0.4, 0.5) is 5.69 Å². The summed E-state index contributed by atoms with van der Waals surface area (Å²) >= 11 is 0. The summed E-state index contributed by atoms with van der Waals surface area (Å²) in [5.74, 6) is 0. The number of pyridine rings is 1. The number of anilines is 1. The molecule has 2 heterocycles. The molecule has 112 valence electrons. The maximum atomic E-state index is 11.4. The van der Waals surface area contributed by atoms with E-state index in [1.54, 1.807) is 24.5 Å². The monoisotopic (exact) mass is 313 g/mol. The number of rotatable bonds is 4. The molecule has 0 fully saturated rings. The van der Waals surface area contributed by atoms with Gasteiger partial charge in [-0.1, -0.05) is 18.2 Å². The molecule has 0 spiro atoms. The van der Waals surface area contributed by atoms with Crippen molar-refractivity contribution in [2.75, 3.05) is 17.5 Å². The predicted octanol–water partition coefficient (Wildman–Crippen LogP) is 2.34. The third kappa shape index (κ3) is 3.23. The van der Waals surface area contributed by atoms with Gasteiger partial charge in [-0.2, -0.15) is 0 Å². The lowest BCUT2D eigenvalue weighted by Crippen LogP contribution is -2.10. The molecule has 0 bridgehead atoms. The molecule has 3 rings (SSSR count). The Hall–Kier alpha value is -2.47. The Balaban J connectivity index is 1.95. The van der Waals surface area contributed by atoms with Crippen LogP contribution < -0.4 is 4.72 Å². The normalized spacial score (nSPS) is 14.4. The Bertz CT molecular complexity index is 856. The van der Waals surface area contributed by atoms with Gasteiger partial charge < -0.3 is 0 Å². The fourth-order valence-corrected chi connectivity index (χ4v) is 2.94. The molecule has 1 N–H and O–H groups in total. The van der Waals surface area contributed by atoms with Gasteiger partial charge in [0, 0.05) is 29.2 Å². The molecule has 0 saturated carbocycles. The van der Waals surface area contributed by atoms with E-state index in [1.165, 1.54) is 0 Å². The molecule has 1 aromatic carbocycles. The van der Waals surface area contributed by atoms with Crippen LogP contribution in [-0.4, -0.2) is 31.9 Å². The molecule has 0 unspecified atom stereocenters. The van der Waals surface area contributed by atoms with Crippen LogP contribution in [0.1, 0.15) is 11.1 Å². The third-order valence-electron chi connectivity index (χ3n) is 3.23. The van der Waals surface area contributed by atoms with Gasteiger partial charge in [0.15, 0.2) is 0 Å². The van der Waals surface area contributed by atoms with Gasteiger partial charge in [0.2, 0.25) is 10.0 Å². The molecule has 0 atom stereocenters. The molecule has 0 amide bonds. The third-order valence-corrected chi connectivity index (χ3v) is 3.84. The van der Waals surface area contributed by atoms with Gasteiger partial charge in [0.05, 0.1) is 18.5 Å². The number of allylic oxidation sites excluding steroid dienone is 1. The molecule has 1 aliphatic rings. The number of nitrogens with one attached hydrogen (secondary N) is 1. The molecule has 2 aromatic rings. The second-order valence-electron chi connectivity index (χ2n) is 5.00. The van der Waals surface area contributed by atoms with E-state index in [9.17, 15) is 8.42 Å². The van der Waals surface area contributed by atoms with E-state index < -0.39 is 10.0 Å². The number of aromatic nitrogens is 1. The molecule has 0 radical (unpaired) electrons. The Kier molecular flexibility index (Phi) is 3.77. The Labute approximate surface area is 129 Å². The summed E-state index contributed by atoms with van der Waals surface area (Å²) in [5, 5.41) is 0. The largest absolute Gasteiger partial charge is 0.284 e. The second-order valence-corrected chi connectivity index (χ2v) is 6.75. The van der Waals surface area contributed by atoms with Gasteiger partial charge in [-0.15, -0.1) is 0 Å². The smallest absolute Gasteiger partial charge is 0.229 e. The Morgan fingerprint density at radius 3 is 2.59 bits per heavy atom. The van der Waals surface area contributed by atoms with Crippen molar-refractivity contribution in [1.29, 1.82) is 0 Å². The second kappa shape index (κ2) is 5.73. The fraction of sp³-hybridized carbons (Fsp3) is 0.125. The van der Waals surface area contributed by atoms with Crippen molar-refractivity contribution in [2.24, 2.45) is 4.99 Å². The standard InChI is InChI=1S/C16H15N3O2S/c1-22(20,21)19-14-4-2-3-13(11-14)16-15(7-10-18-16)12-5-8-17-9-6-12/h2-9,11,19H,10H2,1H3. The maximum absolute atomic E-state index is 11.4. The molecule has 5 nitrogen and oxygen atoms in total. The first-order valence-corrected chi connectivity index (χ1v) is 8.66. The number of aliphatic imine (C=N–C) groups is 1. The van der Waals surface area contributed by atoms with Crippen molar-refractivity contribution in [1.82, 2.24) is 4.98 Å². The Morgan fingerprint density at radius 2 is 1.86 bits per heavy atom. The average Bonchev–Trinajstić information content (AvgIpc) is 2.96. The SMILES string of the molecule is CS(=O)(=O)Nc1cccc(C2=NCC=C2c2ccncc2)c1. The molecule has 6 heteroatoms. The minimum Gasteiger partial charge on any atom is -0.284 e. The van der Waals surface area contributed by atoms with Gasteiger partial charge in [-0.25, -0.2) is 8.42 Å². The van der Waals surface area contributed by atoms with Crippen molar-refractivity contribution in [3.63, 3.8) is 0 Å². The lowest BCUT2D eigenvalue weighted by Gasteiger charge is -2.10. The van der Waals surface area contributed by atoms with Crippen LogP contribution in [0.25, 0.3) is 5.57 Å². The van der Waals surface area contributed by atoms with E-state index in [-0.39, 0.29) is 0 Å². The quantitative estimate of drug-likeness (QED) is 0.941. The zero-order chi connectivity index (χ0) is 15.6. The van der Waals surface area contributed by atoms with Crippen molar-refractivity contribution in [3.05, 3.63) is 66.0 Å². The summed E-state index contributed by atoms with van der Waals surface area (Å²) in [4.78, 5) is 8.55. The molecule has 22 heavy (non-hydrogen) atoms. The predicted molar refractivity (Wildman–Crippen MR) is 88.5 cm³/mol. The topological polar surface area (TPSA) is 71.4 Å². The van der Waals surface area contributed by atoms with Crippen molar-refractivity contribution in [3.8, 4) is 0 Å². The van der Waals surface area contributed by atoms with Gasteiger partial charge in [-0.05, 0) is 29.8 Å². The highest BCUT2D eigenvalue weighted by Gasteiger charge is 2.16. The minimum atomic E-state index is -3.30. The summed E-state index contributed by atoms with van der Waals surface area (Å²) in [6.07, 6.45) is 6.68. The van der Waals surface area contributed by atoms with Crippen LogP contribution >= 0.6 is 0 Å². The summed E-state index contributed by atoms with van der Waals surface area (Å²) in [7, 11) is -3.30. The fourth-order valence-electron chi connectivity index (χ4n) is 2.39. The van der Waals surface area contributed by atoms with Crippen LogP contribution in [0.15, 0.2) is 59.9 Å². The van der Waals surface area contributed by atoms with Crippen LogP contribution in [-0.2, 0) is 10.0 Å². The first-order chi connectivity index (χ1) is 10.5. The molecule has 0 aliphatic carbocycles. The van der Waals surface area contributed by atoms with E-state index in [4.69, 9.17) is 0 Å². The summed E-state index contributed by atoms with van der Waals surface area (Å²) in [6, 6.07) is 11.1. The van der Waals surface area contributed by atoms with E-state index in [0.29, 0.717) is 12.2 Å². The highest BCUT2D eigenvalue weighted by Crippen LogP contribution is 2.25. The summed E-state index contributed by atoms with van der Waals surface area (Å²) < 4.78 is 25.2. The zero-order valence-corrected chi connectivity index (χ0v) is 12.8. The lowest BCUT2D eigenvalue weighted by atomic mass is 9.97. The number of nitrogens with zero attached hydrogens (tertiary/aromatic N) is 2. The van der Waals surface area contributed by atoms with Crippen molar-refractivity contribution < 1.29 is 8.42 Å². The van der Waals surface area contributed by atoms with E-state index in [1.807, 2.05) is 24.3 Å². The van der Waals surface area contributed by atoms with Crippen LogP contribution in [0.2, 0.25) is 0 Å². The van der Waals surface area contributed by atoms with Gasteiger partial charge in [-0.3, -0.25) is 14.7 Å². The molecule has 1 aromatic heterocycles. The Morgan fingerprint density at radius 1 is 1.09 bits per heavy atom. The summed E-state index contributed by atoms with van der Waals surface area (Å²) in [5.41, 5.74) is 4.37. The highest BCUT2D eigenvalue weighted by atomic mass is 32.2. The number of hydrogen-bond acceptors (Lipinski definition) is 4. The lowest BCUT2D eigenvalue weighted by molar-refractivity contribution is 0.607. The van der Waals surface area contributed by atoms with Crippen LogP contribution in [0.3, 0.4) is 0 Å². The zero-order valence-electron chi connectivity index (χ0n) is 12.0. The molecular formula is C16H15N3O2S. The highest BCUT2D eigenvalue weighted by molar-refractivity contribution is 7.92. The van der Waals surface area contributed by atoms with Gasteiger partial charge in [0.1, 0.15) is 0 Å². The minimum absolute atomic E-state index is 0.531. The molecule has 0 saturated heterocycles. The van der Waals surface area contributed by atoms with Crippen molar-refractivity contribution >= 4 is 27.0 Å². The van der Waals surface area contributed by atoms with Crippen LogP contribution in [0, 0.1) is 0 Å². The van der Waals surface area contributed by atoms with E-state index in [0.717, 1.165) is 28.7 Å².